The first-order valence-electron chi connectivity index (χ1n) is 7.77. The Morgan fingerprint density at radius 3 is 2.74 bits per heavy atom. The van der Waals surface area contributed by atoms with Crippen LogP contribution in [0.3, 0.4) is 0 Å². The molecular formula is C15H28N2O2. The molecule has 2 unspecified atom stereocenters. The lowest BCUT2D eigenvalue weighted by atomic mass is 10.1. The fourth-order valence-electron chi connectivity index (χ4n) is 2.67. The summed E-state index contributed by atoms with van der Waals surface area (Å²) < 4.78 is 5.64. The van der Waals surface area contributed by atoms with Crippen molar-refractivity contribution >= 4 is 5.91 Å². The molecule has 1 aliphatic carbocycles. The first-order valence-corrected chi connectivity index (χ1v) is 7.77. The number of hydrogen-bond acceptors (Lipinski definition) is 3. The highest BCUT2D eigenvalue weighted by atomic mass is 16.5. The van der Waals surface area contributed by atoms with Gasteiger partial charge in [-0.1, -0.05) is 20.8 Å². The molecule has 0 bridgehead atoms. The normalized spacial score (nSPS) is 27.6. The molecule has 0 radical (unpaired) electrons. The average Bonchev–Trinajstić information content (AvgIpc) is 3.14. The number of carbonyl (C=O) groups excluding carboxylic acids is 1. The highest BCUT2D eigenvalue weighted by Gasteiger charge is 2.38. The Hall–Kier alpha value is -0.610. The minimum absolute atomic E-state index is 0.0137. The van der Waals surface area contributed by atoms with Gasteiger partial charge in [0.25, 0.3) is 0 Å². The van der Waals surface area contributed by atoms with E-state index >= 15 is 0 Å². The second-order valence-electron chi connectivity index (χ2n) is 6.22. The van der Waals surface area contributed by atoms with Crippen LogP contribution in [0, 0.1) is 11.8 Å². The van der Waals surface area contributed by atoms with Crippen molar-refractivity contribution in [3.63, 3.8) is 0 Å². The Balaban J connectivity index is 1.73. The molecule has 1 saturated heterocycles. The number of amides is 1. The maximum atomic E-state index is 12.3. The molecule has 110 valence electrons. The van der Waals surface area contributed by atoms with Crippen molar-refractivity contribution in [1.82, 2.24) is 10.2 Å². The number of nitrogens with one attached hydrogen (secondary N) is 1. The molecule has 2 aliphatic rings. The van der Waals surface area contributed by atoms with E-state index in [9.17, 15) is 4.79 Å². The van der Waals surface area contributed by atoms with Crippen molar-refractivity contribution < 1.29 is 9.53 Å². The summed E-state index contributed by atoms with van der Waals surface area (Å²) in [6.07, 6.45) is 4.68. The van der Waals surface area contributed by atoms with Crippen molar-refractivity contribution in [2.45, 2.75) is 58.7 Å². The SMILES string of the molecule is CCC1NC(C(C)C)N(CCCOCC2CC2)C1=O. The van der Waals surface area contributed by atoms with Gasteiger partial charge in [0.05, 0.1) is 12.2 Å². The Kier molecular flexibility index (Phi) is 5.22. The first-order chi connectivity index (χ1) is 9.13. The van der Waals surface area contributed by atoms with E-state index in [4.69, 9.17) is 4.74 Å². The molecule has 0 aromatic rings. The van der Waals surface area contributed by atoms with Crippen LogP contribution in [0.5, 0.6) is 0 Å². The van der Waals surface area contributed by atoms with Gasteiger partial charge in [-0.05, 0) is 37.5 Å². The Bertz CT molecular complexity index is 303. The fraction of sp³-hybridized carbons (Fsp3) is 0.933. The molecular weight excluding hydrogens is 240 g/mol. The van der Waals surface area contributed by atoms with Crippen LogP contribution >= 0.6 is 0 Å². The van der Waals surface area contributed by atoms with E-state index in [2.05, 4.69) is 26.1 Å². The second kappa shape index (κ2) is 6.71. The van der Waals surface area contributed by atoms with E-state index in [0.29, 0.717) is 5.92 Å². The lowest BCUT2D eigenvalue weighted by Gasteiger charge is -2.27. The van der Waals surface area contributed by atoms with Crippen LogP contribution < -0.4 is 5.32 Å². The van der Waals surface area contributed by atoms with Gasteiger partial charge >= 0.3 is 0 Å². The molecule has 0 aromatic carbocycles. The number of hydrogen-bond donors (Lipinski definition) is 1. The summed E-state index contributed by atoms with van der Waals surface area (Å²) in [6, 6.07) is 0.0137. The van der Waals surface area contributed by atoms with Crippen LogP contribution in [-0.2, 0) is 9.53 Å². The maximum Gasteiger partial charge on any atom is 0.241 e. The Morgan fingerprint density at radius 1 is 1.42 bits per heavy atom. The van der Waals surface area contributed by atoms with Gasteiger partial charge in [0.2, 0.25) is 5.91 Å². The predicted octanol–water partition coefficient (Wildman–Crippen LogP) is 2.00. The lowest BCUT2D eigenvalue weighted by Crippen LogP contribution is -2.42. The van der Waals surface area contributed by atoms with Crippen LogP contribution in [0.2, 0.25) is 0 Å². The second-order valence-corrected chi connectivity index (χ2v) is 6.22. The molecule has 0 aromatic heterocycles. The third kappa shape index (κ3) is 3.93. The zero-order valence-electron chi connectivity index (χ0n) is 12.5. The average molecular weight is 268 g/mol. The molecule has 4 nitrogen and oxygen atoms in total. The van der Waals surface area contributed by atoms with E-state index < -0.39 is 0 Å². The van der Waals surface area contributed by atoms with Crippen molar-refractivity contribution in [2.24, 2.45) is 11.8 Å². The smallest absolute Gasteiger partial charge is 0.241 e. The highest BCUT2D eigenvalue weighted by Crippen LogP contribution is 2.28. The van der Waals surface area contributed by atoms with Gasteiger partial charge in [-0.15, -0.1) is 0 Å². The Labute approximate surface area is 116 Å². The van der Waals surface area contributed by atoms with Gasteiger partial charge in [0.1, 0.15) is 0 Å². The molecule has 2 fully saturated rings. The summed E-state index contributed by atoms with van der Waals surface area (Å²) >= 11 is 0. The summed E-state index contributed by atoms with van der Waals surface area (Å²) in [6.45, 7) is 8.91. The largest absolute Gasteiger partial charge is 0.381 e. The van der Waals surface area contributed by atoms with E-state index in [1.54, 1.807) is 0 Å². The van der Waals surface area contributed by atoms with Gasteiger partial charge in [0.15, 0.2) is 0 Å². The van der Waals surface area contributed by atoms with E-state index in [0.717, 1.165) is 38.5 Å². The highest BCUT2D eigenvalue weighted by molar-refractivity contribution is 5.84. The molecule has 4 heteroatoms. The van der Waals surface area contributed by atoms with E-state index in [1.165, 1.54) is 12.8 Å². The third-order valence-electron chi connectivity index (χ3n) is 4.07. The van der Waals surface area contributed by atoms with Crippen molar-refractivity contribution in [3.8, 4) is 0 Å². The summed E-state index contributed by atoms with van der Waals surface area (Å²) in [5, 5.41) is 3.44. The first kappa shape index (κ1) is 14.8. The fourth-order valence-corrected chi connectivity index (χ4v) is 2.67. The molecule has 1 aliphatic heterocycles. The molecule has 1 amide bonds. The predicted molar refractivity (Wildman–Crippen MR) is 75.7 cm³/mol. The van der Waals surface area contributed by atoms with Crippen LogP contribution in [0.4, 0.5) is 0 Å². The van der Waals surface area contributed by atoms with Gasteiger partial charge in [-0.3, -0.25) is 10.1 Å². The third-order valence-corrected chi connectivity index (χ3v) is 4.07. The topological polar surface area (TPSA) is 41.6 Å². The number of rotatable bonds is 8. The summed E-state index contributed by atoms with van der Waals surface area (Å²) in [7, 11) is 0. The van der Waals surface area contributed by atoms with Gasteiger partial charge in [0, 0.05) is 19.8 Å². The monoisotopic (exact) mass is 268 g/mol. The van der Waals surface area contributed by atoms with Crippen LogP contribution in [-0.4, -0.2) is 42.8 Å². The van der Waals surface area contributed by atoms with Crippen molar-refractivity contribution in [2.75, 3.05) is 19.8 Å². The maximum absolute atomic E-state index is 12.3. The molecule has 1 N–H and O–H groups in total. The van der Waals surface area contributed by atoms with Crippen LogP contribution in [0.25, 0.3) is 0 Å². The number of ether oxygens (including phenoxy) is 1. The molecule has 1 heterocycles. The van der Waals surface area contributed by atoms with E-state index in [-0.39, 0.29) is 18.1 Å². The molecule has 2 rings (SSSR count). The molecule has 1 saturated carbocycles. The number of carbonyl (C=O) groups is 1. The van der Waals surface area contributed by atoms with Crippen molar-refractivity contribution in [1.29, 1.82) is 0 Å². The summed E-state index contributed by atoms with van der Waals surface area (Å²) in [5.74, 6) is 1.54. The summed E-state index contributed by atoms with van der Waals surface area (Å²) in [4.78, 5) is 14.3. The molecule has 0 spiro atoms. The summed E-state index contributed by atoms with van der Waals surface area (Å²) in [5.41, 5.74) is 0. The van der Waals surface area contributed by atoms with Crippen LogP contribution in [0.15, 0.2) is 0 Å². The standard InChI is InChI=1S/C15H28N2O2/c1-4-13-15(18)17(14(16-13)11(2)3)8-5-9-19-10-12-6-7-12/h11-14,16H,4-10H2,1-3H3. The minimum Gasteiger partial charge on any atom is -0.381 e. The van der Waals surface area contributed by atoms with Crippen molar-refractivity contribution in [3.05, 3.63) is 0 Å². The quantitative estimate of drug-likeness (QED) is 0.685. The van der Waals surface area contributed by atoms with E-state index in [1.807, 2.05) is 4.90 Å². The zero-order valence-corrected chi connectivity index (χ0v) is 12.5. The molecule has 19 heavy (non-hydrogen) atoms. The number of nitrogens with zero attached hydrogens (tertiary/aromatic N) is 1. The molecule has 2 atom stereocenters. The lowest BCUT2D eigenvalue weighted by molar-refractivity contribution is -0.130. The Morgan fingerprint density at radius 2 is 2.16 bits per heavy atom. The zero-order chi connectivity index (χ0) is 13.8. The van der Waals surface area contributed by atoms with Gasteiger partial charge in [-0.2, -0.15) is 0 Å². The van der Waals surface area contributed by atoms with Gasteiger partial charge < -0.3 is 9.64 Å². The minimum atomic E-state index is 0.0137. The van der Waals surface area contributed by atoms with Gasteiger partial charge in [-0.25, -0.2) is 0 Å². The van der Waals surface area contributed by atoms with Crippen LogP contribution in [0.1, 0.15) is 46.5 Å².